The van der Waals surface area contributed by atoms with Gasteiger partial charge in [0.2, 0.25) is 0 Å². The number of fused-ring (bicyclic) bond motifs is 1. The van der Waals surface area contributed by atoms with Crippen molar-refractivity contribution < 1.29 is 13.2 Å². The molecule has 1 aromatic heterocycles. The van der Waals surface area contributed by atoms with Gasteiger partial charge in [0.05, 0.1) is 17.1 Å². The van der Waals surface area contributed by atoms with Crippen LogP contribution in [0.1, 0.15) is 5.56 Å². The Bertz CT molecular complexity index is 1050. The Balaban J connectivity index is 1.70. The van der Waals surface area contributed by atoms with E-state index in [1.807, 2.05) is 24.3 Å². The van der Waals surface area contributed by atoms with E-state index in [0.29, 0.717) is 30.6 Å². The van der Waals surface area contributed by atoms with Gasteiger partial charge in [0, 0.05) is 29.9 Å². The molecule has 0 fully saturated rings. The highest BCUT2D eigenvalue weighted by atomic mass is 32.2. The van der Waals surface area contributed by atoms with E-state index in [1.54, 1.807) is 29.8 Å². The number of hydrogen-bond acceptors (Lipinski definition) is 7. The summed E-state index contributed by atoms with van der Waals surface area (Å²) >= 11 is 1.22. The Kier molecular flexibility index (Phi) is 4.73. The molecule has 0 bridgehead atoms. The lowest BCUT2D eigenvalue weighted by Crippen LogP contribution is -2.29. The molecule has 140 valence electrons. The molecule has 3 aromatic rings. The molecule has 0 unspecified atom stereocenters. The van der Waals surface area contributed by atoms with Crippen molar-refractivity contribution in [2.24, 2.45) is 5.73 Å². The largest absolute Gasteiger partial charge is 0.489 e. The van der Waals surface area contributed by atoms with Gasteiger partial charge in [0.1, 0.15) is 12.4 Å². The Labute approximate surface area is 161 Å². The van der Waals surface area contributed by atoms with Crippen molar-refractivity contribution in [3.8, 4) is 5.75 Å². The summed E-state index contributed by atoms with van der Waals surface area (Å²) < 4.78 is 33.4. The standard InChI is InChI=1S/C18H18N4O3S2/c19-12-13-3-1-2-4-15(13)22-8-9-25-17-11-14(5-6-16(17)22)27(23,24)21-18-20-7-10-26-18/h1-7,10-11H,8-9,12,19H2,(H,20,21). The molecule has 1 aliphatic heterocycles. The topological polar surface area (TPSA) is 97.5 Å². The van der Waals surface area contributed by atoms with Gasteiger partial charge in [0.25, 0.3) is 10.0 Å². The monoisotopic (exact) mass is 402 g/mol. The molecule has 27 heavy (non-hydrogen) atoms. The molecule has 1 aliphatic rings. The summed E-state index contributed by atoms with van der Waals surface area (Å²) in [5.74, 6) is 0.523. The number of nitrogens with two attached hydrogens (primary N) is 1. The Morgan fingerprint density at radius 3 is 2.85 bits per heavy atom. The molecule has 2 heterocycles. The van der Waals surface area contributed by atoms with Crippen LogP contribution >= 0.6 is 11.3 Å². The third kappa shape index (κ3) is 3.48. The second kappa shape index (κ2) is 7.18. The van der Waals surface area contributed by atoms with Crippen molar-refractivity contribution >= 4 is 37.9 Å². The number of ether oxygens (including phenoxy) is 1. The van der Waals surface area contributed by atoms with Crippen LogP contribution in [0.3, 0.4) is 0 Å². The summed E-state index contributed by atoms with van der Waals surface area (Å²) in [4.78, 5) is 6.20. The number of hydrogen-bond donors (Lipinski definition) is 2. The van der Waals surface area contributed by atoms with Crippen LogP contribution in [0.4, 0.5) is 16.5 Å². The lowest BCUT2D eigenvalue weighted by molar-refractivity contribution is 0.313. The van der Waals surface area contributed by atoms with E-state index in [9.17, 15) is 8.42 Å². The van der Waals surface area contributed by atoms with Crippen LogP contribution in [-0.2, 0) is 16.6 Å². The minimum atomic E-state index is -3.73. The molecule has 0 saturated heterocycles. The average Bonchev–Trinajstić information content (AvgIpc) is 3.19. The van der Waals surface area contributed by atoms with Gasteiger partial charge < -0.3 is 15.4 Å². The number of nitrogens with zero attached hydrogens (tertiary/aromatic N) is 2. The zero-order chi connectivity index (χ0) is 18.9. The fourth-order valence-electron chi connectivity index (χ4n) is 3.01. The second-order valence-electron chi connectivity index (χ2n) is 5.91. The van der Waals surface area contributed by atoms with Crippen LogP contribution < -0.4 is 20.1 Å². The molecule has 0 atom stereocenters. The number of para-hydroxylation sites is 1. The molecule has 0 spiro atoms. The van der Waals surface area contributed by atoms with Crippen molar-refractivity contribution in [3.05, 3.63) is 59.6 Å². The summed E-state index contributed by atoms with van der Waals surface area (Å²) in [6.07, 6.45) is 1.55. The van der Waals surface area contributed by atoms with E-state index in [4.69, 9.17) is 10.5 Å². The van der Waals surface area contributed by atoms with Crippen LogP contribution in [0.5, 0.6) is 5.75 Å². The Morgan fingerprint density at radius 2 is 2.07 bits per heavy atom. The van der Waals surface area contributed by atoms with E-state index in [1.165, 1.54) is 11.3 Å². The number of thiazole rings is 1. The van der Waals surface area contributed by atoms with Gasteiger partial charge in [-0.15, -0.1) is 11.3 Å². The molecule has 0 amide bonds. The zero-order valence-corrected chi connectivity index (χ0v) is 16.0. The molecule has 4 rings (SSSR count). The van der Waals surface area contributed by atoms with Crippen LogP contribution in [0, 0.1) is 0 Å². The summed E-state index contributed by atoms with van der Waals surface area (Å²) in [6.45, 7) is 1.54. The van der Waals surface area contributed by atoms with Gasteiger partial charge in [0.15, 0.2) is 5.13 Å². The molecule has 7 nitrogen and oxygen atoms in total. The van der Waals surface area contributed by atoms with Gasteiger partial charge in [-0.25, -0.2) is 13.4 Å². The predicted octanol–water partition coefficient (Wildman–Crippen LogP) is 2.93. The quantitative estimate of drug-likeness (QED) is 0.681. The molecule has 0 aliphatic carbocycles. The van der Waals surface area contributed by atoms with Gasteiger partial charge in [-0.05, 0) is 23.8 Å². The van der Waals surface area contributed by atoms with Crippen LogP contribution in [0.25, 0.3) is 0 Å². The second-order valence-corrected chi connectivity index (χ2v) is 8.48. The third-order valence-electron chi connectivity index (χ3n) is 4.26. The number of benzene rings is 2. The smallest absolute Gasteiger partial charge is 0.263 e. The number of rotatable bonds is 5. The van der Waals surface area contributed by atoms with Crippen molar-refractivity contribution in [2.45, 2.75) is 11.4 Å². The summed E-state index contributed by atoms with van der Waals surface area (Å²) in [7, 11) is -3.73. The first-order valence-electron chi connectivity index (χ1n) is 8.33. The lowest BCUT2D eigenvalue weighted by atomic mass is 10.1. The van der Waals surface area contributed by atoms with Gasteiger partial charge in [-0.2, -0.15) is 0 Å². The predicted molar refractivity (Wildman–Crippen MR) is 106 cm³/mol. The number of anilines is 3. The Hall–Kier alpha value is -2.62. The maximum absolute atomic E-state index is 12.6. The molecular weight excluding hydrogens is 384 g/mol. The SMILES string of the molecule is NCc1ccccc1N1CCOc2cc(S(=O)(=O)Nc3nccs3)ccc21. The summed E-state index contributed by atoms with van der Waals surface area (Å²) in [5.41, 5.74) is 8.71. The number of sulfonamides is 1. The summed E-state index contributed by atoms with van der Waals surface area (Å²) in [5, 5.41) is 2.03. The van der Waals surface area contributed by atoms with Crippen LogP contribution in [0.15, 0.2) is 58.9 Å². The summed E-state index contributed by atoms with van der Waals surface area (Å²) in [6, 6.07) is 12.8. The first-order valence-corrected chi connectivity index (χ1v) is 10.7. The van der Waals surface area contributed by atoms with Gasteiger partial charge in [-0.1, -0.05) is 18.2 Å². The third-order valence-corrected chi connectivity index (χ3v) is 6.42. The first-order chi connectivity index (χ1) is 13.1. The zero-order valence-electron chi connectivity index (χ0n) is 14.3. The molecule has 0 radical (unpaired) electrons. The molecule has 3 N–H and O–H groups in total. The normalized spacial score (nSPS) is 13.7. The highest BCUT2D eigenvalue weighted by Gasteiger charge is 2.24. The molecule has 9 heteroatoms. The van der Waals surface area contributed by atoms with E-state index < -0.39 is 10.0 Å². The van der Waals surface area contributed by atoms with Gasteiger partial charge in [-0.3, -0.25) is 4.72 Å². The van der Waals surface area contributed by atoms with Crippen molar-refractivity contribution in [2.75, 3.05) is 22.8 Å². The maximum atomic E-state index is 12.6. The highest BCUT2D eigenvalue weighted by molar-refractivity contribution is 7.93. The number of nitrogens with one attached hydrogen (secondary N) is 1. The lowest BCUT2D eigenvalue weighted by Gasteiger charge is -2.32. The fourth-order valence-corrected chi connectivity index (χ4v) is 4.82. The maximum Gasteiger partial charge on any atom is 0.263 e. The Morgan fingerprint density at radius 1 is 1.22 bits per heavy atom. The highest BCUT2D eigenvalue weighted by Crippen LogP contribution is 2.39. The van der Waals surface area contributed by atoms with Gasteiger partial charge >= 0.3 is 0 Å². The van der Waals surface area contributed by atoms with Crippen LogP contribution in [0.2, 0.25) is 0 Å². The molecular formula is C18H18N4O3S2. The van der Waals surface area contributed by atoms with E-state index >= 15 is 0 Å². The molecule has 0 saturated carbocycles. The minimum absolute atomic E-state index is 0.130. The van der Waals surface area contributed by atoms with Crippen molar-refractivity contribution in [1.29, 1.82) is 0 Å². The molecule has 2 aromatic carbocycles. The van der Waals surface area contributed by atoms with Crippen molar-refractivity contribution in [1.82, 2.24) is 4.98 Å². The number of aromatic nitrogens is 1. The average molecular weight is 403 g/mol. The van der Waals surface area contributed by atoms with E-state index in [2.05, 4.69) is 14.6 Å². The van der Waals surface area contributed by atoms with Crippen LogP contribution in [-0.4, -0.2) is 26.6 Å². The first kappa shape index (κ1) is 17.8. The minimum Gasteiger partial charge on any atom is -0.489 e. The fraction of sp³-hybridized carbons (Fsp3) is 0.167. The van der Waals surface area contributed by atoms with Crippen molar-refractivity contribution in [3.63, 3.8) is 0 Å². The van der Waals surface area contributed by atoms with E-state index in [-0.39, 0.29) is 4.90 Å². The van der Waals surface area contributed by atoms with E-state index in [0.717, 1.165) is 16.9 Å².